The Kier molecular flexibility index (Phi) is 7.26. The average molecular weight is 434 g/mol. The average Bonchev–Trinajstić information content (AvgIpc) is 3.33. The van der Waals surface area contributed by atoms with Crippen molar-refractivity contribution in [3.05, 3.63) is 71.3 Å². The molecule has 2 atom stereocenters. The quantitative estimate of drug-likeness (QED) is 0.720. The lowest BCUT2D eigenvalue weighted by Crippen LogP contribution is -2.53. The van der Waals surface area contributed by atoms with Crippen molar-refractivity contribution in [1.29, 1.82) is 0 Å². The van der Waals surface area contributed by atoms with Gasteiger partial charge in [0.1, 0.15) is 6.04 Å². The van der Waals surface area contributed by atoms with Gasteiger partial charge in [0, 0.05) is 25.9 Å². The van der Waals surface area contributed by atoms with Crippen molar-refractivity contribution < 1.29 is 9.59 Å². The number of likely N-dealkylation sites (tertiary alicyclic amines) is 1. The van der Waals surface area contributed by atoms with Gasteiger partial charge in [-0.05, 0) is 48.5 Å². The molecule has 1 saturated heterocycles. The molecule has 2 aromatic carbocycles. The maximum Gasteiger partial charge on any atom is 0.243 e. The monoisotopic (exact) mass is 433 g/mol. The highest BCUT2D eigenvalue weighted by Gasteiger charge is 2.35. The highest BCUT2D eigenvalue weighted by atomic mass is 16.2. The van der Waals surface area contributed by atoms with E-state index in [1.807, 2.05) is 32.0 Å². The fraction of sp³-hybridized carbons (Fsp3) is 0.481. The van der Waals surface area contributed by atoms with Crippen LogP contribution < -0.4 is 5.32 Å². The van der Waals surface area contributed by atoms with Gasteiger partial charge in [0.25, 0.3) is 0 Å². The predicted molar refractivity (Wildman–Crippen MR) is 127 cm³/mol. The number of fused-ring (bicyclic) bond motifs is 1. The summed E-state index contributed by atoms with van der Waals surface area (Å²) < 4.78 is 0. The minimum Gasteiger partial charge on any atom is -0.352 e. The maximum atomic E-state index is 13.4. The van der Waals surface area contributed by atoms with Crippen molar-refractivity contribution in [3.8, 4) is 0 Å². The van der Waals surface area contributed by atoms with E-state index < -0.39 is 6.04 Å². The first-order valence-electron chi connectivity index (χ1n) is 12.0. The molecule has 2 aromatic rings. The molecule has 1 fully saturated rings. The normalized spacial score (nSPS) is 19.6. The summed E-state index contributed by atoms with van der Waals surface area (Å²) in [4.78, 5) is 30.7. The largest absolute Gasteiger partial charge is 0.352 e. The van der Waals surface area contributed by atoms with Gasteiger partial charge in [-0.1, -0.05) is 68.4 Å². The first kappa shape index (κ1) is 22.5. The van der Waals surface area contributed by atoms with Gasteiger partial charge in [-0.15, -0.1) is 0 Å². The molecule has 32 heavy (non-hydrogen) atoms. The number of amides is 2. The second kappa shape index (κ2) is 10.3. The molecule has 2 amide bonds. The molecule has 0 aromatic heterocycles. The van der Waals surface area contributed by atoms with Crippen LogP contribution in [0, 0.1) is 5.92 Å². The van der Waals surface area contributed by atoms with E-state index in [0.717, 1.165) is 18.7 Å². The first-order chi connectivity index (χ1) is 15.5. The number of carbonyl (C=O) groups is 2. The molecule has 0 radical (unpaired) electrons. The second-order valence-corrected chi connectivity index (χ2v) is 9.52. The summed E-state index contributed by atoms with van der Waals surface area (Å²) in [5, 5.41) is 3.22. The van der Waals surface area contributed by atoms with Gasteiger partial charge in [-0.2, -0.15) is 0 Å². The molecule has 170 valence electrons. The van der Waals surface area contributed by atoms with Gasteiger partial charge in [0.15, 0.2) is 0 Å². The second-order valence-electron chi connectivity index (χ2n) is 9.52. The van der Waals surface area contributed by atoms with Crippen LogP contribution in [0.25, 0.3) is 0 Å². The van der Waals surface area contributed by atoms with Crippen LogP contribution in [0.1, 0.15) is 55.8 Å². The van der Waals surface area contributed by atoms with E-state index in [2.05, 4.69) is 46.6 Å². The summed E-state index contributed by atoms with van der Waals surface area (Å²) in [5.74, 6) is 0.284. The maximum absolute atomic E-state index is 13.4. The summed E-state index contributed by atoms with van der Waals surface area (Å²) in [5.41, 5.74) is 3.55. The molecule has 5 nitrogen and oxygen atoms in total. The molecule has 0 bridgehead atoms. The Morgan fingerprint density at radius 3 is 2.31 bits per heavy atom. The zero-order valence-electron chi connectivity index (χ0n) is 19.3. The third-order valence-electron chi connectivity index (χ3n) is 6.69. The summed E-state index contributed by atoms with van der Waals surface area (Å²) in [6, 6.07) is 18.3. The van der Waals surface area contributed by atoms with Crippen LogP contribution in [-0.4, -0.2) is 47.3 Å². The van der Waals surface area contributed by atoms with Crippen LogP contribution in [0.5, 0.6) is 0 Å². The molecule has 5 heteroatoms. The number of carbonyl (C=O) groups excluding carboxylic acids is 2. The molecular formula is C27H35N3O2. The Hall–Kier alpha value is -2.66. The highest BCUT2D eigenvalue weighted by Crippen LogP contribution is 2.27. The van der Waals surface area contributed by atoms with Crippen LogP contribution >= 0.6 is 0 Å². The minimum absolute atomic E-state index is 0.0447. The first-order valence-corrected chi connectivity index (χ1v) is 12.0. The zero-order valence-corrected chi connectivity index (χ0v) is 19.3. The summed E-state index contributed by atoms with van der Waals surface area (Å²) in [6.07, 6.45) is 3.44. The SMILES string of the molecule is CC(C)CC(=O)N1Cc2ccccc2CC1C(=O)NCC(c1ccccc1)N1CCCC1. The molecule has 2 aliphatic rings. The van der Waals surface area contributed by atoms with Crippen molar-refractivity contribution >= 4 is 11.8 Å². The Bertz CT molecular complexity index is 922. The van der Waals surface area contributed by atoms with Gasteiger partial charge < -0.3 is 10.2 Å². The lowest BCUT2D eigenvalue weighted by molar-refractivity contribution is -0.142. The van der Waals surface area contributed by atoms with Gasteiger partial charge in [-0.3, -0.25) is 14.5 Å². The smallest absolute Gasteiger partial charge is 0.243 e. The number of hydrogen-bond donors (Lipinski definition) is 1. The lowest BCUT2D eigenvalue weighted by atomic mass is 9.92. The summed E-state index contributed by atoms with van der Waals surface area (Å²) in [7, 11) is 0. The van der Waals surface area contributed by atoms with Crippen molar-refractivity contribution in [2.75, 3.05) is 19.6 Å². The number of benzene rings is 2. The Morgan fingerprint density at radius 1 is 0.969 bits per heavy atom. The van der Waals surface area contributed by atoms with E-state index >= 15 is 0 Å². The summed E-state index contributed by atoms with van der Waals surface area (Å²) in [6.45, 7) is 7.29. The summed E-state index contributed by atoms with van der Waals surface area (Å²) >= 11 is 0. The van der Waals surface area contributed by atoms with Crippen LogP contribution in [-0.2, 0) is 22.6 Å². The van der Waals surface area contributed by atoms with E-state index in [1.54, 1.807) is 4.90 Å². The Labute approximate surface area is 191 Å². The van der Waals surface area contributed by atoms with Crippen molar-refractivity contribution in [2.45, 2.75) is 58.2 Å². The molecule has 0 aliphatic carbocycles. The fourth-order valence-electron chi connectivity index (χ4n) is 4.99. The van der Waals surface area contributed by atoms with E-state index in [-0.39, 0.29) is 23.8 Å². The van der Waals surface area contributed by atoms with Gasteiger partial charge in [0.05, 0.1) is 6.04 Å². The van der Waals surface area contributed by atoms with E-state index in [4.69, 9.17) is 0 Å². The molecule has 1 N–H and O–H groups in total. The Balaban J connectivity index is 1.51. The molecule has 2 heterocycles. The molecule has 2 aliphatic heterocycles. The molecule has 4 rings (SSSR count). The zero-order chi connectivity index (χ0) is 22.5. The third-order valence-corrected chi connectivity index (χ3v) is 6.69. The number of nitrogens with zero attached hydrogens (tertiary/aromatic N) is 2. The van der Waals surface area contributed by atoms with Crippen molar-refractivity contribution in [2.24, 2.45) is 5.92 Å². The highest BCUT2D eigenvalue weighted by molar-refractivity contribution is 5.88. The van der Waals surface area contributed by atoms with E-state index in [1.165, 1.54) is 24.0 Å². The van der Waals surface area contributed by atoms with E-state index in [9.17, 15) is 9.59 Å². The standard InChI is InChI=1S/C27H35N3O2/c1-20(2)16-26(31)30-19-23-13-7-6-12-22(23)17-24(30)27(32)28-18-25(29-14-8-9-15-29)21-10-4-3-5-11-21/h3-7,10-13,20,24-25H,8-9,14-19H2,1-2H3,(H,28,32). The number of rotatable bonds is 7. The van der Waals surface area contributed by atoms with E-state index in [0.29, 0.717) is 25.9 Å². The van der Waals surface area contributed by atoms with Crippen LogP contribution in [0.15, 0.2) is 54.6 Å². The molecule has 0 saturated carbocycles. The fourth-order valence-corrected chi connectivity index (χ4v) is 4.99. The van der Waals surface area contributed by atoms with Crippen LogP contribution in [0.2, 0.25) is 0 Å². The van der Waals surface area contributed by atoms with Crippen LogP contribution in [0.4, 0.5) is 0 Å². The Morgan fingerprint density at radius 2 is 1.62 bits per heavy atom. The molecule has 0 spiro atoms. The number of nitrogens with one attached hydrogen (secondary N) is 1. The van der Waals surface area contributed by atoms with Gasteiger partial charge in [0.2, 0.25) is 11.8 Å². The minimum atomic E-state index is -0.453. The molecule has 2 unspecified atom stereocenters. The van der Waals surface area contributed by atoms with Gasteiger partial charge in [-0.25, -0.2) is 0 Å². The molecular weight excluding hydrogens is 398 g/mol. The predicted octanol–water partition coefficient (Wildman–Crippen LogP) is 3.94. The lowest BCUT2D eigenvalue weighted by Gasteiger charge is -2.37. The third kappa shape index (κ3) is 5.21. The topological polar surface area (TPSA) is 52.7 Å². The van der Waals surface area contributed by atoms with Gasteiger partial charge >= 0.3 is 0 Å². The van der Waals surface area contributed by atoms with Crippen molar-refractivity contribution in [1.82, 2.24) is 15.1 Å². The van der Waals surface area contributed by atoms with Crippen molar-refractivity contribution in [3.63, 3.8) is 0 Å². The van der Waals surface area contributed by atoms with Crippen LogP contribution in [0.3, 0.4) is 0 Å². The number of hydrogen-bond acceptors (Lipinski definition) is 3.